The van der Waals surface area contributed by atoms with Crippen LogP contribution in [0.15, 0.2) is 0 Å². The molecule has 0 radical (unpaired) electrons. The molecule has 1 saturated heterocycles. The molecule has 0 saturated carbocycles. The molecule has 1 aliphatic heterocycles. The minimum Gasteiger partial charge on any atom is -0.395 e. The predicted octanol–water partition coefficient (Wildman–Crippen LogP) is 0.0786. The number of rotatable bonds is 7. The summed E-state index contributed by atoms with van der Waals surface area (Å²) < 4.78 is 15.9. The molecule has 2 atom stereocenters. The topological polar surface area (TPSA) is 51.2 Å². The van der Waals surface area contributed by atoms with E-state index < -0.39 is 0 Å². The zero-order valence-electron chi connectivity index (χ0n) is 10.2. The predicted molar refractivity (Wildman–Crippen MR) is 60.3 cm³/mol. The van der Waals surface area contributed by atoms with Gasteiger partial charge in [0.25, 0.3) is 0 Å². The van der Waals surface area contributed by atoms with Crippen LogP contribution in [-0.2, 0) is 14.2 Å². The zero-order valence-corrected chi connectivity index (χ0v) is 10.2. The Hall–Kier alpha value is -0.200. The summed E-state index contributed by atoms with van der Waals surface area (Å²) in [5.41, 5.74) is 0. The van der Waals surface area contributed by atoms with Crippen molar-refractivity contribution in [1.82, 2.24) is 4.90 Å². The Balaban J connectivity index is 2.32. The van der Waals surface area contributed by atoms with Crippen molar-refractivity contribution in [2.24, 2.45) is 0 Å². The van der Waals surface area contributed by atoms with E-state index in [9.17, 15) is 5.11 Å². The van der Waals surface area contributed by atoms with Gasteiger partial charge in [-0.3, -0.25) is 4.90 Å². The van der Waals surface area contributed by atoms with E-state index in [0.717, 1.165) is 19.6 Å². The van der Waals surface area contributed by atoms with Gasteiger partial charge in [0.05, 0.1) is 13.2 Å². The summed E-state index contributed by atoms with van der Waals surface area (Å²) in [6, 6.07) is 0.146. The summed E-state index contributed by atoms with van der Waals surface area (Å²) in [4.78, 5) is 2.21. The number of aliphatic hydroxyl groups is 1. The van der Waals surface area contributed by atoms with E-state index >= 15 is 0 Å². The monoisotopic (exact) mass is 233 g/mol. The van der Waals surface area contributed by atoms with Crippen molar-refractivity contribution in [3.8, 4) is 0 Å². The molecule has 0 aromatic rings. The molecule has 0 bridgehead atoms. The minimum absolute atomic E-state index is 0.146. The van der Waals surface area contributed by atoms with Crippen molar-refractivity contribution in [1.29, 1.82) is 0 Å². The third-order valence-electron chi connectivity index (χ3n) is 2.86. The van der Waals surface area contributed by atoms with Crippen molar-refractivity contribution in [2.75, 3.05) is 46.6 Å². The molecular weight excluding hydrogens is 210 g/mol. The highest BCUT2D eigenvalue weighted by atomic mass is 16.7. The molecule has 1 rings (SSSR count). The Morgan fingerprint density at radius 3 is 3.00 bits per heavy atom. The lowest BCUT2D eigenvalue weighted by molar-refractivity contribution is -0.173. The molecule has 1 aliphatic rings. The van der Waals surface area contributed by atoms with Gasteiger partial charge in [-0.15, -0.1) is 0 Å². The molecule has 1 heterocycles. The highest BCUT2D eigenvalue weighted by molar-refractivity contribution is 4.74. The van der Waals surface area contributed by atoms with Gasteiger partial charge in [0, 0.05) is 39.5 Å². The van der Waals surface area contributed by atoms with Crippen LogP contribution in [0.5, 0.6) is 0 Å². The van der Waals surface area contributed by atoms with Crippen LogP contribution in [0, 0.1) is 0 Å². The van der Waals surface area contributed by atoms with Crippen LogP contribution >= 0.6 is 0 Å². The van der Waals surface area contributed by atoms with Gasteiger partial charge in [-0.2, -0.15) is 0 Å². The fourth-order valence-corrected chi connectivity index (χ4v) is 1.86. The third-order valence-corrected chi connectivity index (χ3v) is 2.86. The molecule has 1 fully saturated rings. The van der Waals surface area contributed by atoms with Gasteiger partial charge in [0.15, 0.2) is 6.29 Å². The summed E-state index contributed by atoms with van der Waals surface area (Å²) in [6.07, 6.45) is 0.677. The molecule has 0 aliphatic carbocycles. The summed E-state index contributed by atoms with van der Waals surface area (Å²) in [6.45, 7) is 5.76. The van der Waals surface area contributed by atoms with Gasteiger partial charge >= 0.3 is 0 Å². The number of methoxy groups -OCH3 is 1. The van der Waals surface area contributed by atoms with Gasteiger partial charge in [0.1, 0.15) is 0 Å². The van der Waals surface area contributed by atoms with Crippen molar-refractivity contribution in [2.45, 2.75) is 25.7 Å². The third kappa shape index (κ3) is 4.35. The number of hydrogen-bond acceptors (Lipinski definition) is 5. The first-order valence-electron chi connectivity index (χ1n) is 5.88. The van der Waals surface area contributed by atoms with E-state index in [1.165, 1.54) is 0 Å². The Bertz CT molecular complexity index is 179. The van der Waals surface area contributed by atoms with E-state index in [0.29, 0.717) is 19.8 Å². The van der Waals surface area contributed by atoms with E-state index in [1.807, 2.05) is 6.92 Å². The maximum Gasteiger partial charge on any atom is 0.169 e. The Labute approximate surface area is 97.3 Å². The number of ether oxygens (including phenoxy) is 3. The normalized spacial score (nSPS) is 24.6. The molecule has 0 aromatic heterocycles. The lowest BCUT2D eigenvalue weighted by Gasteiger charge is -2.36. The highest BCUT2D eigenvalue weighted by Crippen LogP contribution is 2.11. The minimum atomic E-state index is -0.171. The van der Waals surface area contributed by atoms with Crippen LogP contribution in [0.2, 0.25) is 0 Å². The van der Waals surface area contributed by atoms with Gasteiger partial charge in [-0.05, 0) is 13.3 Å². The SMILES string of the molecule is CCOCC[C@@H](CO)N1CCO[C@H](OC)C1. The van der Waals surface area contributed by atoms with Crippen molar-refractivity contribution < 1.29 is 19.3 Å². The first-order chi connectivity index (χ1) is 7.81. The fourth-order valence-electron chi connectivity index (χ4n) is 1.86. The largest absolute Gasteiger partial charge is 0.395 e. The maximum absolute atomic E-state index is 9.36. The Morgan fingerprint density at radius 2 is 2.38 bits per heavy atom. The lowest BCUT2D eigenvalue weighted by atomic mass is 10.2. The molecule has 0 amide bonds. The number of hydrogen-bond donors (Lipinski definition) is 1. The van der Waals surface area contributed by atoms with Crippen LogP contribution in [0.3, 0.4) is 0 Å². The van der Waals surface area contributed by atoms with Crippen LogP contribution in [0.4, 0.5) is 0 Å². The van der Waals surface area contributed by atoms with Crippen molar-refractivity contribution >= 4 is 0 Å². The van der Waals surface area contributed by atoms with Crippen molar-refractivity contribution in [3.63, 3.8) is 0 Å². The van der Waals surface area contributed by atoms with Gasteiger partial charge in [-0.1, -0.05) is 0 Å². The van der Waals surface area contributed by atoms with E-state index in [4.69, 9.17) is 14.2 Å². The van der Waals surface area contributed by atoms with Crippen molar-refractivity contribution in [3.05, 3.63) is 0 Å². The molecule has 0 unspecified atom stereocenters. The second-order valence-corrected chi connectivity index (χ2v) is 3.85. The number of aliphatic hydroxyl groups excluding tert-OH is 1. The summed E-state index contributed by atoms with van der Waals surface area (Å²) >= 11 is 0. The molecule has 0 aromatic carbocycles. The molecular formula is C11H23NO4. The average molecular weight is 233 g/mol. The van der Waals surface area contributed by atoms with E-state index in [-0.39, 0.29) is 18.9 Å². The standard InChI is InChI=1S/C11H23NO4/c1-3-15-6-4-10(9-13)12-5-7-16-11(8-12)14-2/h10-11,13H,3-9H2,1-2H3/t10-,11-/m0/s1. The van der Waals surface area contributed by atoms with Gasteiger partial charge in [0.2, 0.25) is 0 Å². The summed E-state index contributed by atoms with van der Waals surface area (Å²) in [5.74, 6) is 0. The smallest absolute Gasteiger partial charge is 0.169 e. The molecule has 16 heavy (non-hydrogen) atoms. The maximum atomic E-state index is 9.36. The average Bonchev–Trinajstić information content (AvgIpc) is 2.35. The van der Waals surface area contributed by atoms with Crippen LogP contribution in [0.25, 0.3) is 0 Å². The lowest BCUT2D eigenvalue weighted by Crippen LogP contribution is -2.49. The molecule has 0 spiro atoms. The quantitative estimate of drug-likeness (QED) is 0.631. The Kier molecular flexibility index (Phi) is 6.91. The van der Waals surface area contributed by atoms with Crippen LogP contribution in [-0.4, -0.2) is 69.0 Å². The number of nitrogens with zero attached hydrogens (tertiary/aromatic N) is 1. The van der Waals surface area contributed by atoms with Gasteiger partial charge in [-0.25, -0.2) is 0 Å². The molecule has 96 valence electrons. The van der Waals surface area contributed by atoms with Crippen LogP contribution in [0.1, 0.15) is 13.3 Å². The highest BCUT2D eigenvalue weighted by Gasteiger charge is 2.25. The van der Waals surface area contributed by atoms with E-state index in [2.05, 4.69) is 4.90 Å². The molecule has 5 heteroatoms. The van der Waals surface area contributed by atoms with Gasteiger partial charge < -0.3 is 19.3 Å². The first-order valence-corrected chi connectivity index (χ1v) is 5.88. The number of morpholine rings is 1. The molecule has 5 nitrogen and oxygen atoms in total. The zero-order chi connectivity index (χ0) is 11.8. The second kappa shape index (κ2) is 7.97. The Morgan fingerprint density at radius 1 is 1.56 bits per heavy atom. The first kappa shape index (κ1) is 13.9. The van der Waals surface area contributed by atoms with Crippen LogP contribution < -0.4 is 0 Å². The molecule has 1 N–H and O–H groups in total. The second-order valence-electron chi connectivity index (χ2n) is 3.85. The fraction of sp³-hybridized carbons (Fsp3) is 1.00. The summed E-state index contributed by atoms with van der Waals surface area (Å²) in [5, 5.41) is 9.36. The van der Waals surface area contributed by atoms with E-state index in [1.54, 1.807) is 7.11 Å². The summed E-state index contributed by atoms with van der Waals surface area (Å²) in [7, 11) is 1.64.